The van der Waals surface area contributed by atoms with E-state index in [2.05, 4.69) is 15.3 Å². The molecule has 0 radical (unpaired) electrons. The molecule has 0 saturated heterocycles. The van der Waals surface area contributed by atoms with Gasteiger partial charge in [0.2, 0.25) is 5.91 Å². The monoisotopic (exact) mass is 399 g/mol. The molecule has 1 aromatic heterocycles. The van der Waals surface area contributed by atoms with Crippen molar-refractivity contribution in [2.45, 2.75) is 49.7 Å². The zero-order chi connectivity index (χ0) is 20.0. The number of para-hydroxylation sites is 1. The van der Waals surface area contributed by atoms with Crippen molar-refractivity contribution in [3.8, 4) is 0 Å². The average Bonchev–Trinajstić information content (AvgIpc) is 2.59. The zero-order valence-corrected chi connectivity index (χ0v) is 15.7. The van der Waals surface area contributed by atoms with Gasteiger partial charge in [0.25, 0.3) is 5.56 Å². The van der Waals surface area contributed by atoms with Gasteiger partial charge in [-0.2, -0.15) is 13.2 Å². The van der Waals surface area contributed by atoms with Gasteiger partial charge in [-0.05, 0) is 25.0 Å². The van der Waals surface area contributed by atoms with E-state index in [0.29, 0.717) is 18.5 Å². The molecule has 0 fully saturated rings. The summed E-state index contributed by atoms with van der Waals surface area (Å²) in [5, 5.41) is 1.92. The van der Waals surface area contributed by atoms with Gasteiger partial charge in [0.15, 0.2) is 5.16 Å². The van der Waals surface area contributed by atoms with Gasteiger partial charge in [0, 0.05) is 11.8 Å². The molecule has 0 saturated carbocycles. The van der Waals surface area contributed by atoms with Crippen molar-refractivity contribution in [3.05, 3.63) is 51.9 Å². The summed E-state index contributed by atoms with van der Waals surface area (Å²) in [5.74, 6) is -0.581. The zero-order valence-electron chi connectivity index (χ0n) is 14.9. The molecule has 1 aromatic carbocycles. The predicted octanol–water partition coefficient (Wildman–Crippen LogP) is 4.25. The van der Waals surface area contributed by atoms with Crippen LogP contribution >= 0.6 is 11.8 Å². The Labute approximate surface area is 158 Å². The Balaban J connectivity index is 2.19. The molecule has 9 heteroatoms. The van der Waals surface area contributed by atoms with E-state index in [1.54, 1.807) is 6.92 Å². The van der Waals surface area contributed by atoms with Crippen LogP contribution in [0.3, 0.4) is 0 Å². The first kappa shape index (κ1) is 21.0. The molecule has 1 atom stereocenters. The van der Waals surface area contributed by atoms with Gasteiger partial charge in [-0.3, -0.25) is 9.59 Å². The van der Waals surface area contributed by atoms with Crippen LogP contribution in [0.15, 0.2) is 40.3 Å². The Morgan fingerprint density at radius 1 is 1.30 bits per heavy atom. The van der Waals surface area contributed by atoms with E-state index in [9.17, 15) is 22.8 Å². The Morgan fingerprint density at radius 3 is 2.63 bits per heavy atom. The maximum Gasteiger partial charge on any atom is 0.418 e. The molecule has 0 spiro atoms. The van der Waals surface area contributed by atoms with Gasteiger partial charge in [-0.1, -0.05) is 44.2 Å². The first-order valence-corrected chi connectivity index (χ1v) is 9.36. The highest BCUT2D eigenvalue weighted by Crippen LogP contribution is 2.35. The topological polar surface area (TPSA) is 74.8 Å². The number of carbonyl (C=O) groups excluding carboxylic acids is 1. The number of hydrogen-bond donors (Lipinski definition) is 2. The Hall–Kier alpha value is -2.29. The number of aryl methyl sites for hydroxylation is 1. The van der Waals surface area contributed by atoms with Crippen molar-refractivity contribution < 1.29 is 18.0 Å². The van der Waals surface area contributed by atoms with Gasteiger partial charge < -0.3 is 10.3 Å². The van der Waals surface area contributed by atoms with Gasteiger partial charge in [0.05, 0.1) is 16.5 Å². The molecule has 146 valence electrons. The number of benzene rings is 1. The lowest BCUT2D eigenvalue weighted by Gasteiger charge is -2.17. The molecule has 1 amide bonds. The molecule has 2 rings (SSSR count). The van der Waals surface area contributed by atoms with Crippen LogP contribution < -0.4 is 10.9 Å². The van der Waals surface area contributed by atoms with Gasteiger partial charge in [-0.25, -0.2) is 4.98 Å². The normalized spacial score (nSPS) is 12.6. The van der Waals surface area contributed by atoms with Crippen LogP contribution in [-0.4, -0.2) is 21.1 Å². The summed E-state index contributed by atoms with van der Waals surface area (Å²) in [6.07, 6.45) is -2.78. The summed E-state index contributed by atoms with van der Waals surface area (Å²) in [6, 6.07) is 6.20. The number of aromatic nitrogens is 2. The second kappa shape index (κ2) is 9.07. The summed E-state index contributed by atoms with van der Waals surface area (Å²) in [4.78, 5) is 31.1. The standard InChI is InChI=1S/C18H20F3N3O2S/c1-3-7-11-10-15(25)24-17(22-11)27-14(4-2)16(26)23-13-9-6-5-8-12(13)18(19,20)21/h5-6,8-10,14H,3-4,7H2,1-2H3,(H,23,26)(H,22,24,25). The van der Waals surface area contributed by atoms with Crippen molar-refractivity contribution in [1.29, 1.82) is 0 Å². The minimum absolute atomic E-state index is 0.275. The summed E-state index contributed by atoms with van der Waals surface area (Å²) in [5.41, 5.74) is -0.917. The number of thioether (sulfide) groups is 1. The van der Waals surface area contributed by atoms with Crippen LogP contribution in [0.25, 0.3) is 0 Å². The van der Waals surface area contributed by atoms with Gasteiger partial charge in [0.1, 0.15) is 0 Å². The third-order valence-corrected chi connectivity index (χ3v) is 4.94. The van der Waals surface area contributed by atoms with E-state index in [4.69, 9.17) is 0 Å². The first-order valence-electron chi connectivity index (χ1n) is 8.48. The third kappa shape index (κ3) is 5.85. The van der Waals surface area contributed by atoms with Crippen LogP contribution in [0.4, 0.5) is 18.9 Å². The number of rotatable bonds is 7. The van der Waals surface area contributed by atoms with E-state index >= 15 is 0 Å². The molecule has 2 N–H and O–H groups in total. The molecule has 0 bridgehead atoms. The molecular formula is C18H20F3N3O2S. The van der Waals surface area contributed by atoms with E-state index in [0.717, 1.165) is 24.2 Å². The van der Waals surface area contributed by atoms with Crippen LogP contribution in [-0.2, 0) is 17.4 Å². The van der Waals surface area contributed by atoms with Crippen molar-refractivity contribution in [2.75, 3.05) is 5.32 Å². The Morgan fingerprint density at radius 2 is 2.00 bits per heavy atom. The number of alkyl halides is 3. The average molecular weight is 399 g/mol. The molecule has 0 aliphatic rings. The lowest BCUT2D eigenvalue weighted by atomic mass is 10.1. The summed E-state index contributed by atoms with van der Waals surface area (Å²) in [7, 11) is 0. The predicted molar refractivity (Wildman–Crippen MR) is 98.9 cm³/mol. The van der Waals surface area contributed by atoms with Crippen LogP contribution in [0, 0.1) is 0 Å². The molecule has 1 unspecified atom stereocenters. The summed E-state index contributed by atoms with van der Waals surface area (Å²) in [6.45, 7) is 3.69. The Kier molecular flexibility index (Phi) is 7.06. The van der Waals surface area contributed by atoms with Crippen molar-refractivity contribution in [2.24, 2.45) is 0 Å². The number of H-pyrrole nitrogens is 1. The first-order chi connectivity index (χ1) is 12.7. The van der Waals surface area contributed by atoms with Crippen molar-refractivity contribution in [1.82, 2.24) is 9.97 Å². The lowest BCUT2D eigenvalue weighted by Crippen LogP contribution is -2.26. The second-order valence-electron chi connectivity index (χ2n) is 5.84. The number of nitrogens with zero attached hydrogens (tertiary/aromatic N) is 1. The summed E-state index contributed by atoms with van der Waals surface area (Å²) < 4.78 is 39.3. The molecule has 27 heavy (non-hydrogen) atoms. The van der Waals surface area contributed by atoms with Crippen molar-refractivity contribution >= 4 is 23.4 Å². The number of amides is 1. The number of carbonyl (C=O) groups is 1. The van der Waals surface area contributed by atoms with Crippen LogP contribution in [0.5, 0.6) is 0 Å². The van der Waals surface area contributed by atoms with Crippen LogP contribution in [0.2, 0.25) is 0 Å². The SMILES string of the molecule is CCCc1cc(=O)[nH]c(SC(CC)C(=O)Nc2ccccc2C(F)(F)F)n1. The number of aromatic amines is 1. The molecular weight excluding hydrogens is 379 g/mol. The molecule has 5 nitrogen and oxygen atoms in total. The van der Waals surface area contributed by atoms with Gasteiger partial charge >= 0.3 is 6.18 Å². The van der Waals surface area contributed by atoms with E-state index < -0.39 is 22.9 Å². The molecule has 0 aliphatic heterocycles. The van der Waals surface area contributed by atoms with E-state index in [-0.39, 0.29) is 16.4 Å². The highest BCUT2D eigenvalue weighted by molar-refractivity contribution is 8.00. The largest absolute Gasteiger partial charge is 0.418 e. The molecule has 0 aliphatic carbocycles. The summed E-state index contributed by atoms with van der Waals surface area (Å²) >= 11 is 1.02. The fraction of sp³-hybridized carbons (Fsp3) is 0.389. The van der Waals surface area contributed by atoms with Gasteiger partial charge in [-0.15, -0.1) is 0 Å². The smallest absolute Gasteiger partial charge is 0.325 e. The number of halogens is 3. The number of hydrogen-bond acceptors (Lipinski definition) is 4. The fourth-order valence-corrected chi connectivity index (χ4v) is 3.36. The Bertz CT molecular complexity index is 852. The van der Waals surface area contributed by atoms with E-state index in [1.807, 2.05) is 6.92 Å². The number of anilines is 1. The fourth-order valence-electron chi connectivity index (χ4n) is 2.43. The number of nitrogens with one attached hydrogen (secondary N) is 2. The third-order valence-electron chi connectivity index (χ3n) is 3.69. The van der Waals surface area contributed by atoms with Crippen molar-refractivity contribution in [3.63, 3.8) is 0 Å². The lowest BCUT2D eigenvalue weighted by molar-refractivity contribution is -0.137. The maximum absolute atomic E-state index is 13.1. The highest BCUT2D eigenvalue weighted by Gasteiger charge is 2.34. The highest BCUT2D eigenvalue weighted by atomic mass is 32.2. The second-order valence-corrected chi connectivity index (χ2v) is 7.03. The maximum atomic E-state index is 13.1. The quantitative estimate of drug-likeness (QED) is 0.539. The molecule has 1 heterocycles. The van der Waals surface area contributed by atoms with Crippen LogP contribution in [0.1, 0.15) is 37.9 Å². The minimum Gasteiger partial charge on any atom is -0.325 e. The molecule has 2 aromatic rings. The minimum atomic E-state index is -4.57. The van der Waals surface area contributed by atoms with E-state index in [1.165, 1.54) is 24.3 Å².